The average Bonchev–Trinajstić information content (AvgIpc) is 2.67. The molecule has 26 heavy (non-hydrogen) atoms. The van der Waals surface area contributed by atoms with E-state index in [1.807, 2.05) is 4.90 Å². The third-order valence-corrected chi connectivity index (χ3v) is 4.29. The molecular formula is C18H17ClN2O5. The van der Waals surface area contributed by atoms with Gasteiger partial charge in [-0.2, -0.15) is 0 Å². The fourth-order valence-electron chi connectivity index (χ4n) is 2.68. The van der Waals surface area contributed by atoms with Gasteiger partial charge in [-0.1, -0.05) is 23.7 Å². The van der Waals surface area contributed by atoms with E-state index in [4.69, 9.17) is 21.1 Å². The minimum absolute atomic E-state index is 0.0645. The van der Waals surface area contributed by atoms with Crippen molar-refractivity contribution in [1.82, 2.24) is 0 Å². The van der Waals surface area contributed by atoms with Gasteiger partial charge in [-0.15, -0.1) is 0 Å². The van der Waals surface area contributed by atoms with E-state index in [1.54, 1.807) is 36.4 Å². The van der Waals surface area contributed by atoms with Crippen LogP contribution in [0.4, 0.5) is 11.4 Å². The van der Waals surface area contributed by atoms with Gasteiger partial charge < -0.3 is 14.4 Å². The second-order valence-corrected chi connectivity index (χ2v) is 6.20. The first-order valence-corrected chi connectivity index (χ1v) is 8.45. The highest BCUT2D eigenvalue weighted by molar-refractivity contribution is 6.30. The van der Waals surface area contributed by atoms with Crippen molar-refractivity contribution < 1.29 is 19.2 Å². The summed E-state index contributed by atoms with van der Waals surface area (Å²) in [6.45, 7) is 2.24. The zero-order valence-electron chi connectivity index (χ0n) is 13.9. The molecule has 0 atom stereocenters. The minimum Gasteiger partial charge on any atom is -0.457 e. The monoisotopic (exact) mass is 376 g/mol. The highest BCUT2D eigenvalue weighted by atomic mass is 35.5. The van der Waals surface area contributed by atoms with Crippen LogP contribution in [0.5, 0.6) is 0 Å². The van der Waals surface area contributed by atoms with Crippen molar-refractivity contribution in [2.24, 2.45) is 0 Å². The molecule has 1 saturated heterocycles. The number of nitro groups is 1. The summed E-state index contributed by atoms with van der Waals surface area (Å²) >= 11 is 5.81. The molecule has 0 saturated carbocycles. The Labute approximate surface area is 155 Å². The molecule has 1 fully saturated rings. The first kappa shape index (κ1) is 18.2. The molecule has 1 aliphatic rings. The van der Waals surface area contributed by atoms with Crippen LogP contribution >= 0.6 is 11.6 Å². The number of hydrogen-bond donors (Lipinski definition) is 0. The average molecular weight is 377 g/mol. The summed E-state index contributed by atoms with van der Waals surface area (Å²) in [6, 6.07) is 11.3. The molecule has 1 aliphatic heterocycles. The highest BCUT2D eigenvalue weighted by Gasteiger charge is 2.23. The van der Waals surface area contributed by atoms with E-state index in [1.165, 1.54) is 6.07 Å². The molecule has 0 unspecified atom stereocenters. The van der Waals surface area contributed by atoms with Gasteiger partial charge in [0.1, 0.15) is 12.3 Å². The van der Waals surface area contributed by atoms with Crippen LogP contribution in [-0.2, 0) is 16.1 Å². The van der Waals surface area contributed by atoms with Crippen molar-refractivity contribution in [3.8, 4) is 0 Å². The zero-order chi connectivity index (χ0) is 18.5. The number of nitro benzene ring substituents is 1. The van der Waals surface area contributed by atoms with Gasteiger partial charge in [-0.05, 0) is 29.8 Å². The van der Waals surface area contributed by atoms with Crippen molar-refractivity contribution in [3.05, 3.63) is 68.7 Å². The van der Waals surface area contributed by atoms with Crippen LogP contribution < -0.4 is 4.90 Å². The van der Waals surface area contributed by atoms with Crippen molar-refractivity contribution in [2.45, 2.75) is 6.61 Å². The lowest BCUT2D eigenvalue weighted by Crippen LogP contribution is -2.36. The Balaban J connectivity index is 1.74. The minimum atomic E-state index is -0.614. The molecule has 0 aliphatic carbocycles. The van der Waals surface area contributed by atoms with Gasteiger partial charge in [-0.25, -0.2) is 4.79 Å². The lowest BCUT2D eigenvalue weighted by Gasteiger charge is -2.28. The summed E-state index contributed by atoms with van der Waals surface area (Å²) in [6.07, 6.45) is 0. The summed E-state index contributed by atoms with van der Waals surface area (Å²) in [7, 11) is 0. The van der Waals surface area contributed by atoms with Crippen LogP contribution in [0.15, 0.2) is 42.5 Å². The molecule has 0 bridgehead atoms. The number of ether oxygens (including phenoxy) is 2. The van der Waals surface area contributed by atoms with E-state index in [0.717, 1.165) is 5.56 Å². The second-order valence-electron chi connectivity index (χ2n) is 5.76. The lowest BCUT2D eigenvalue weighted by molar-refractivity contribution is -0.384. The van der Waals surface area contributed by atoms with E-state index in [0.29, 0.717) is 37.0 Å². The molecule has 3 rings (SSSR count). The molecule has 0 amide bonds. The zero-order valence-corrected chi connectivity index (χ0v) is 14.6. The number of rotatable bonds is 5. The highest BCUT2D eigenvalue weighted by Crippen LogP contribution is 2.30. The van der Waals surface area contributed by atoms with Crippen LogP contribution in [0.1, 0.15) is 15.9 Å². The maximum absolute atomic E-state index is 12.2. The summed E-state index contributed by atoms with van der Waals surface area (Å²) in [5.41, 5.74) is 1.28. The predicted molar refractivity (Wildman–Crippen MR) is 96.7 cm³/mol. The van der Waals surface area contributed by atoms with E-state index in [2.05, 4.69) is 0 Å². The SMILES string of the molecule is O=C(OCc1ccc(Cl)cc1)c1ccc(N2CCOCC2)c([N+](=O)[O-])c1. The van der Waals surface area contributed by atoms with Gasteiger partial charge in [0.15, 0.2) is 0 Å². The van der Waals surface area contributed by atoms with E-state index in [9.17, 15) is 14.9 Å². The Hall–Kier alpha value is -2.64. The Morgan fingerprint density at radius 1 is 1.19 bits per heavy atom. The number of benzene rings is 2. The predicted octanol–water partition coefficient (Wildman–Crippen LogP) is 3.44. The molecule has 0 N–H and O–H groups in total. The number of carbonyl (C=O) groups is 1. The van der Waals surface area contributed by atoms with E-state index < -0.39 is 10.9 Å². The summed E-state index contributed by atoms with van der Waals surface area (Å²) < 4.78 is 10.5. The molecule has 1 heterocycles. The number of carbonyl (C=O) groups excluding carboxylic acids is 1. The standard InChI is InChI=1S/C18H17ClN2O5/c19-15-4-1-13(2-5-15)12-26-18(22)14-3-6-16(17(11-14)21(23)24)20-7-9-25-10-8-20/h1-6,11H,7-10,12H2. The van der Waals surface area contributed by atoms with E-state index in [-0.39, 0.29) is 17.9 Å². The van der Waals surface area contributed by atoms with Crippen molar-refractivity contribution in [1.29, 1.82) is 0 Å². The van der Waals surface area contributed by atoms with Crippen LogP contribution in [0.3, 0.4) is 0 Å². The largest absolute Gasteiger partial charge is 0.457 e. The van der Waals surface area contributed by atoms with E-state index >= 15 is 0 Å². The summed E-state index contributed by atoms with van der Waals surface area (Å²) in [4.78, 5) is 25.1. The number of morpholine rings is 1. The molecule has 7 nitrogen and oxygen atoms in total. The van der Waals surface area contributed by atoms with Crippen molar-refractivity contribution in [2.75, 3.05) is 31.2 Å². The maximum atomic E-state index is 12.2. The first-order chi connectivity index (χ1) is 12.5. The number of esters is 1. The molecule has 2 aromatic carbocycles. The quantitative estimate of drug-likeness (QED) is 0.451. The normalized spacial score (nSPS) is 14.1. The summed E-state index contributed by atoms with van der Waals surface area (Å²) in [5, 5.41) is 12.0. The number of hydrogen-bond acceptors (Lipinski definition) is 6. The van der Waals surface area contributed by atoms with Gasteiger partial charge in [0, 0.05) is 24.2 Å². The third-order valence-electron chi connectivity index (χ3n) is 4.04. The smallest absolute Gasteiger partial charge is 0.338 e. The Bertz CT molecular complexity index is 804. The molecule has 2 aromatic rings. The Morgan fingerprint density at radius 2 is 1.88 bits per heavy atom. The molecular weight excluding hydrogens is 360 g/mol. The number of anilines is 1. The molecule has 0 spiro atoms. The third kappa shape index (κ3) is 4.30. The Morgan fingerprint density at radius 3 is 2.54 bits per heavy atom. The fourth-order valence-corrected chi connectivity index (χ4v) is 2.81. The van der Waals surface area contributed by atoms with Crippen LogP contribution in [0.2, 0.25) is 5.02 Å². The summed E-state index contributed by atoms with van der Waals surface area (Å²) in [5.74, 6) is -0.614. The van der Waals surface area contributed by atoms with Gasteiger partial charge in [-0.3, -0.25) is 10.1 Å². The second kappa shape index (κ2) is 8.16. The molecule has 8 heteroatoms. The topological polar surface area (TPSA) is 81.9 Å². The Kier molecular flexibility index (Phi) is 5.70. The van der Waals surface area contributed by atoms with Crippen LogP contribution in [-0.4, -0.2) is 37.2 Å². The number of nitrogens with zero attached hydrogens (tertiary/aromatic N) is 2. The molecule has 0 radical (unpaired) electrons. The van der Waals surface area contributed by atoms with Crippen LogP contribution in [0.25, 0.3) is 0 Å². The van der Waals surface area contributed by atoms with Gasteiger partial charge in [0.2, 0.25) is 0 Å². The van der Waals surface area contributed by atoms with Crippen molar-refractivity contribution >= 4 is 28.9 Å². The fraction of sp³-hybridized carbons (Fsp3) is 0.278. The number of halogens is 1. The van der Waals surface area contributed by atoms with Gasteiger partial charge >= 0.3 is 5.97 Å². The molecule has 0 aromatic heterocycles. The maximum Gasteiger partial charge on any atom is 0.338 e. The van der Waals surface area contributed by atoms with Crippen molar-refractivity contribution in [3.63, 3.8) is 0 Å². The van der Waals surface area contributed by atoms with Gasteiger partial charge in [0.05, 0.1) is 23.7 Å². The first-order valence-electron chi connectivity index (χ1n) is 8.07. The molecule has 136 valence electrons. The lowest BCUT2D eigenvalue weighted by atomic mass is 10.1. The van der Waals surface area contributed by atoms with Crippen LogP contribution in [0, 0.1) is 10.1 Å². The van der Waals surface area contributed by atoms with Gasteiger partial charge in [0.25, 0.3) is 5.69 Å².